The first-order valence-corrected chi connectivity index (χ1v) is 4.57. The van der Waals surface area contributed by atoms with Gasteiger partial charge in [-0.1, -0.05) is 25.6 Å². The molecule has 1 aliphatic heterocycles. The lowest BCUT2D eigenvalue weighted by Gasteiger charge is -2.22. The summed E-state index contributed by atoms with van der Waals surface area (Å²) in [6.07, 6.45) is 0. The minimum atomic E-state index is -0.216. The van der Waals surface area contributed by atoms with Crippen molar-refractivity contribution in [3.05, 3.63) is 0 Å². The minimum Gasteiger partial charge on any atom is -0.287 e. The summed E-state index contributed by atoms with van der Waals surface area (Å²) < 4.78 is 0. The molecule has 1 unspecified atom stereocenters. The fourth-order valence-electron chi connectivity index (χ4n) is 0.966. The molecule has 0 radical (unpaired) electrons. The van der Waals surface area contributed by atoms with Crippen LogP contribution in [0.25, 0.3) is 0 Å². The average molecular weight is 173 g/mol. The number of imide groups is 1. The number of hydrogen-bond donors (Lipinski definition) is 1. The van der Waals surface area contributed by atoms with Crippen LogP contribution in [0.2, 0.25) is 0 Å². The van der Waals surface area contributed by atoms with Crippen molar-refractivity contribution in [2.75, 3.05) is 5.75 Å². The van der Waals surface area contributed by atoms with Crippen LogP contribution >= 0.6 is 11.8 Å². The van der Waals surface area contributed by atoms with E-state index in [1.54, 1.807) is 0 Å². The lowest BCUT2D eigenvalue weighted by molar-refractivity contribution is -0.124. The van der Waals surface area contributed by atoms with Gasteiger partial charge in [-0.05, 0) is 5.92 Å². The molecule has 1 atom stereocenters. The molecular weight excluding hydrogens is 162 g/mol. The number of carbonyl (C=O) groups excluding carboxylic acids is 2. The SMILES string of the molecule is CC(C)C1CSC(=O)NC1=O. The van der Waals surface area contributed by atoms with E-state index in [0.29, 0.717) is 11.7 Å². The topological polar surface area (TPSA) is 46.2 Å². The first-order valence-electron chi connectivity index (χ1n) is 3.59. The zero-order chi connectivity index (χ0) is 8.43. The molecule has 0 aromatic heterocycles. The Morgan fingerprint density at radius 2 is 2.18 bits per heavy atom. The molecule has 0 saturated carbocycles. The van der Waals surface area contributed by atoms with Gasteiger partial charge < -0.3 is 0 Å². The maximum absolute atomic E-state index is 11.1. The number of thioether (sulfide) groups is 1. The average Bonchev–Trinajstić information content (AvgIpc) is 1.85. The second-order valence-electron chi connectivity index (χ2n) is 2.94. The highest BCUT2D eigenvalue weighted by molar-refractivity contribution is 8.13. The molecule has 2 amide bonds. The number of hydrogen-bond acceptors (Lipinski definition) is 3. The molecule has 1 saturated heterocycles. The van der Waals surface area contributed by atoms with Crippen molar-refractivity contribution in [1.82, 2.24) is 5.32 Å². The van der Waals surface area contributed by atoms with Crippen molar-refractivity contribution in [3.8, 4) is 0 Å². The molecule has 0 aromatic carbocycles. The quantitative estimate of drug-likeness (QED) is 0.649. The van der Waals surface area contributed by atoms with E-state index in [4.69, 9.17) is 0 Å². The third kappa shape index (κ3) is 1.96. The number of rotatable bonds is 1. The number of nitrogens with one attached hydrogen (secondary N) is 1. The van der Waals surface area contributed by atoms with Crippen LogP contribution < -0.4 is 5.32 Å². The fourth-order valence-corrected chi connectivity index (χ4v) is 2.01. The molecule has 1 aliphatic rings. The van der Waals surface area contributed by atoms with E-state index < -0.39 is 0 Å². The Bertz CT molecular complexity index is 191. The molecule has 0 spiro atoms. The molecule has 62 valence electrons. The summed E-state index contributed by atoms with van der Waals surface area (Å²) in [7, 11) is 0. The normalized spacial score (nSPS) is 25.5. The Kier molecular flexibility index (Phi) is 2.54. The van der Waals surface area contributed by atoms with E-state index in [2.05, 4.69) is 5.32 Å². The van der Waals surface area contributed by atoms with Gasteiger partial charge in [-0.15, -0.1) is 0 Å². The van der Waals surface area contributed by atoms with E-state index in [1.165, 1.54) is 11.8 Å². The fraction of sp³-hybridized carbons (Fsp3) is 0.714. The van der Waals surface area contributed by atoms with E-state index >= 15 is 0 Å². The summed E-state index contributed by atoms with van der Waals surface area (Å²) in [5.41, 5.74) is 0. The second kappa shape index (κ2) is 3.26. The first-order chi connectivity index (χ1) is 5.11. The van der Waals surface area contributed by atoms with Gasteiger partial charge in [0, 0.05) is 5.75 Å². The summed E-state index contributed by atoms with van der Waals surface area (Å²) >= 11 is 1.19. The van der Waals surface area contributed by atoms with Crippen molar-refractivity contribution in [1.29, 1.82) is 0 Å². The van der Waals surface area contributed by atoms with Gasteiger partial charge in [-0.2, -0.15) is 0 Å². The van der Waals surface area contributed by atoms with Gasteiger partial charge in [0.05, 0.1) is 5.92 Å². The van der Waals surface area contributed by atoms with Gasteiger partial charge in [0.15, 0.2) is 0 Å². The van der Waals surface area contributed by atoms with Crippen LogP contribution in [0, 0.1) is 11.8 Å². The minimum absolute atomic E-state index is 0.00213. The zero-order valence-electron chi connectivity index (χ0n) is 6.59. The molecule has 0 aromatic rings. The zero-order valence-corrected chi connectivity index (χ0v) is 7.40. The van der Waals surface area contributed by atoms with Crippen LogP contribution in [0.1, 0.15) is 13.8 Å². The molecule has 1 rings (SSSR count). The smallest absolute Gasteiger partial charge is 0.285 e. The van der Waals surface area contributed by atoms with Crippen molar-refractivity contribution in [3.63, 3.8) is 0 Å². The Labute approximate surface area is 69.9 Å². The Balaban J connectivity index is 2.57. The summed E-state index contributed by atoms with van der Waals surface area (Å²) in [5, 5.41) is 2.08. The first kappa shape index (κ1) is 8.59. The van der Waals surface area contributed by atoms with Gasteiger partial charge in [-0.3, -0.25) is 14.9 Å². The predicted octanol–water partition coefficient (Wildman–Crippen LogP) is 1.24. The van der Waals surface area contributed by atoms with Crippen LogP contribution in [0.3, 0.4) is 0 Å². The van der Waals surface area contributed by atoms with Crippen LogP contribution in [0.4, 0.5) is 4.79 Å². The predicted molar refractivity (Wildman–Crippen MR) is 44.3 cm³/mol. The van der Waals surface area contributed by atoms with Crippen LogP contribution in [-0.2, 0) is 4.79 Å². The molecule has 1 fully saturated rings. The Morgan fingerprint density at radius 3 is 2.64 bits per heavy atom. The second-order valence-corrected chi connectivity index (χ2v) is 3.93. The van der Waals surface area contributed by atoms with Crippen molar-refractivity contribution in [2.24, 2.45) is 11.8 Å². The molecule has 1 N–H and O–H groups in total. The van der Waals surface area contributed by atoms with Crippen molar-refractivity contribution >= 4 is 22.9 Å². The molecule has 1 heterocycles. The van der Waals surface area contributed by atoms with Crippen molar-refractivity contribution < 1.29 is 9.59 Å². The molecule has 3 nitrogen and oxygen atoms in total. The molecule has 11 heavy (non-hydrogen) atoms. The summed E-state index contributed by atoms with van der Waals surface area (Å²) in [6, 6.07) is 0. The molecule has 4 heteroatoms. The Hall–Kier alpha value is -0.510. The van der Waals surface area contributed by atoms with Gasteiger partial charge in [0.2, 0.25) is 5.91 Å². The lowest BCUT2D eigenvalue weighted by Crippen LogP contribution is -2.41. The molecular formula is C7H11NO2S. The largest absolute Gasteiger partial charge is 0.287 e. The van der Waals surface area contributed by atoms with Crippen molar-refractivity contribution in [2.45, 2.75) is 13.8 Å². The highest BCUT2D eigenvalue weighted by Crippen LogP contribution is 2.21. The summed E-state index contributed by atoms with van der Waals surface area (Å²) in [4.78, 5) is 21.8. The Morgan fingerprint density at radius 1 is 1.55 bits per heavy atom. The van der Waals surface area contributed by atoms with E-state index in [9.17, 15) is 9.59 Å². The van der Waals surface area contributed by atoms with Gasteiger partial charge in [-0.25, -0.2) is 0 Å². The monoisotopic (exact) mass is 173 g/mol. The summed E-state index contributed by atoms with van der Waals surface area (Å²) in [6.45, 7) is 3.97. The lowest BCUT2D eigenvalue weighted by atomic mass is 9.97. The van der Waals surface area contributed by atoms with Gasteiger partial charge >= 0.3 is 0 Å². The van der Waals surface area contributed by atoms with Gasteiger partial charge in [0.1, 0.15) is 0 Å². The highest BCUT2D eigenvalue weighted by atomic mass is 32.2. The third-order valence-corrected chi connectivity index (χ3v) is 2.65. The summed E-state index contributed by atoms with van der Waals surface area (Å²) in [5.74, 6) is 0.819. The highest BCUT2D eigenvalue weighted by Gasteiger charge is 2.29. The van der Waals surface area contributed by atoms with Crippen LogP contribution in [0.15, 0.2) is 0 Å². The van der Waals surface area contributed by atoms with Gasteiger partial charge in [0.25, 0.3) is 5.24 Å². The molecule has 0 bridgehead atoms. The maximum atomic E-state index is 11.1. The maximum Gasteiger partial charge on any atom is 0.285 e. The van der Waals surface area contributed by atoms with Crippen LogP contribution in [0.5, 0.6) is 0 Å². The van der Waals surface area contributed by atoms with E-state index in [-0.39, 0.29) is 17.1 Å². The number of carbonyl (C=O) groups is 2. The van der Waals surface area contributed by atoms with E-state index in [0.717, 1.165) is 0 Å². The number of amides is 2. The third-order valence-electron chi connectivity index (χ3n) is 1.76. The molecule has 0 aliphatic carbocycles. The van der Waals surface area contributed by atoms with Crippen LogP contribution in [-0.4, -0.2) is 16.9 Å². The van der Waals surface area contributed by atoms with E-state index in [1.807, 2.05) is 13.8 Å². The standard InChI is InChI=1S/C7H11NO2S/c1-4(2)5-3-11-7(10)8-6(5)9/h4-5H,3H2,1-2H3,(H,8,9,10).